The molecular formula is C34H31N3O5S. The Bertz CT molecular complexity index is 2050. The van der Waals surface area contributed by atoms with Crippen LogP contribution in [0.4, 0.5) is 0 Å². The summed E-state index contributed by atoms with van der Waals surface area (Å²) >= 11 is 1.30. The smallest absolute Gasteiger partial charge is 0.338 e. The van der Waals surface area contributed by atoms with E-state index in [1.807, 2.05) is 54.6 Å². The van der Waals surface area contributed by atoms with E-state index in [0.717, 1.165) is 28.6 Å². The van der Waals surface area contributed by atoms with Crippen molar-refractivity contribution in [2.24, 2.45) is 4.99 Å². The second kappa shape index (κ2) is 11.8. The number of methoxy groups -OCH3 is 2. The predicted octanol–water partition coefficient (Wildman–Crippen LogP) is 4.93. The lowest BCUT2D eigenvalue weighted by molar-refractivity contribution is -0.138. The Labute approximate surface area is 252 Å². The maximum absolute atomic E-state index is 14.3. The van der Waals surface area contributed by atoms with Crippen molar-refractivity contribution in [1.82, 2.24) is 9.13 Å². The van der Waals surface area contributed by atoms with Gasteiger partial charge in [-0.3, -0.25) is 9.36 Å². The topological polar surface area (TPSA) is 84.1 Å². The summed E-state index contributed by atoms with van der Waals surface area (Å²) in [5, 5.41) is 1.06. The minimum atomic E-state index is -0.815. The highest BCUT2D eigenvalue weighted by molar-refractivity contribution is 7.07. The van der Waals surface area contributed by atoms with E-state index in [1.54, 1.807) is 37.8 Å². The number of hydrogen-bond donors (Lipinski definition) is 0. The molecule has 1 atom stereocenters. The van der Waals surface area contributed by atoms with E-state index in [1.165, 1.54) is 11.3 Å². The lowest BCUT2D eigenvalue weighted by Gasteiger charge is -2.26. The number of nitrogens with zero attached hydrogens (tertiary/aromatic N) is 3. The molecule has 0 amide bonds. The third-order valence-electron chi connectivity index (χ3n) is 7.54. The summed E-state index contributed by atoms with van der Waals surface area (Å²) in [6, 6.07) is 22.2. The molecule has 43 heavy (non-hydrogen) atoms. The number of benzene rings is 3. The van der Waals surface area contributed by atoms with Crippen LogP contribution in [0.1, 0.15) is 36.6 Å². The highest BCUT2D eigenvalue weighted by atomic mass is 32.1. The van der Waals surface area contributed by atoms with Crippen LogP contribution >= 0.6 is 11.3 Å². The first-order valence-corrected chi connectivity index (χ1v) is 14.9. The van der Waals surface area contributed by atoms with Gasteiger partial charge in [0, 0.05) is 34.8 Å². The predicted molar refractivity (Wildman–Crippen MR) is 168 cm³/mol. The fraction of sp³-hybridized carbons (Fsp3) is 0.206. The molecule has 0 radical (unpaired) electrons. The first-order chi connectivity index (χ1) is 21.0. The molecule has 0 saturated carbocycles. The van der Waals surface area contributed by atoms with Crippen LogP contribution in [0.15, 0.2) is 94.4 Å². The van der Waals surface area contributed by atoms with Crippen molar-refractivity contribution in [3.63, 3.8) is 0 Å². The Balaban J connectivity index is 1.66. The summed E-state index contributed by atoms with van der Waals surface area (Å²) in [6.07, 6.45) is 3.98. The van der Waals surface area contributed by atoms with E-state index in [9.17, 15) is 9.59 Å². The van der Waals surface area contributed by atoms with Gasteiger partial charge in [0.05, 0.1) is 42.7 Å². The second-order valence-electron chi connectivity index (χ2n) is 9.93. The van der Waals surface area contributed by atoms with Crippen LogP contribution in [0.2, 0.25) is 0 Å². The van der Waals surface area contributed by atoms with E-state index >= 15 is 0 Å². The summed E-state index contributed by atoms with van der Waals surface area (Å²) in [7, 11) is 3.12. The zero-order valence-electron chi connectivity index (χ0n) is 24.4. The zero-order valence-corrected chi connectivity index (χ0v) is 25.2. The van der Waals surface area contributed by atoms with Crippen LogP contribution in [0.25, 0.3) is 22.7 Å². The molecule has 218 valence electrons. The molecule has 1 aliphatic heterocycles. The molecule has 0 unspecified atom stereocenters. The van der Waals surface area contributed by atoms with E-state index in [4.69, 9.17) is 19.2 Å². The summed E-state index contributed by atoms with van der Waals surface area (Å²) in [4.78, 5) is 33.5. The van der Waals surface area contributed by atoms with Crippen LogP contribution in [0.5, 0.6) is 11.5 Å². The molecule has 6 rings (SSSR count). The number of fused-ring (bicyclic) bond motifs is 2. The molecule has 0 bridgehead atoms. The number of thiazole rings is 1. The number of rotatable bonds is 8. The summed E-state index contributed by atoms with van der Waals surface area (Å²) in [5.74, 6) is 0.483. The quantitative estimate of drug-likeness (QED) is 0.239. The third-order valence-corrected chi connectivity index (χ3v) is 8.53. The number of aromatic nitrogens is 2. The van der Waals surface area contributed by atoms with Gasteiger partial charge in [-0.25, -0.2) is 9.79 Å². The molecule has 0 saturated heterocycles. The van der Waals surface area contributed by atoms with Crippen LogP contribution in [0.3, 0.4) is 0 Å². The average Bonchev–Trinajstić information content (AvgIpc) is 3.56. The van der Waals surface area contributed by atoms with Crippen molar-refractivity contribution < 1.29 is 19.0 Å². The number of para-hydroxylation sites is 1. The van der Waals surface area contributed by atoms with E-state index in [0.29, 0.717) is 32.1 Å². The van der Waals surface area contributed by atoms with E-state index in [-0.39, 0.29) is 17.7 Å². The first-order valence-electron chi connectivity index (χ1n) is 14.1. The second-order valence-corrected chi connectivity index (χ2v) is 10.9. The van der Waals surface area contributed by atoms with Gasteiger partial charge in [0.25, 0.3) is 5.56 Å². The highest BCUT2D eigenvalue weighted by Crippen LogP contribution is 2.38. The Morgan fingerprint density at radius 3 is 2.44 bits per heavy atom. The largest absolute Gasteiger partial charge is 0.493 e. The van der Waals surface area contributed by atoms with Gasteiger partial charge in [-0.15, -0.1) is 0 Å². The Morgan fingerprint density at radius 1 is 0.977 bits per heavy atom. The average molecular weight is 594 g/mol. The van der Waals surface area contributed by atoms with Gasteiger partial charge in [0.2, 0.25) is 0 Å². The summed E-state index contributed by atoms with van der Waals surface area (Å²) in [6.45, 7) is 4.83. The fourth-order valence-electron chi connectivity index (χ4n) is 5.57. The Morgan fingerprint density at radius 2 is 1.72 bits per heavy atom. The summed E-state index contributed by atoms with van der Waals surface area (Å²) < 4.78 is 20.9. The number of hydrogen-bond acceptors (Lipinski definition) is 7. The lowest BCUT2D eigenvalue weighted by Crippen LogP contribution is -2.40. The molecular weight excluding hydrogens is 562 g/mol. The molecule has 8 nitrogen and oxygen atoms in total. The van der Waals surface area contributed by atoms with Crippen LogP contribution in [-0.2, 0) is 16.1 Å². The number of carbonyl (C=O) groups excluding carboxylic acids is 1. The monoisotopic (exact) mass is 593 g/mol. The van der Waals surface area contributed by atoms with Crippen molar-refractivity contribution in [2.75, 3.05) is 20.8 Å². The molecule has 1 aliphatic rings. The Hall–Kier alpha value is -4.89. The molecule has 9 heteroatoms. The highest BCUT2D eigenvalue weighted by Gasteiger charge is 2.35. The van der Waals surface area contributed by atoms with E-state index < -0.39 is 12.0 Å². The van der Waals surface area contributed by atoms with E-state index in [2.05, 4.69) is 29.8 Å². The molecule has 3 aromatic carbocycles. The number of ether oxygens (including phenoxy) is 3. The first kappa shape index (κ1) is 28.2. The van der Waals surface area contributed by atoms with Gasteiger partial charge in [-0.2, -0.15) is 0 Å². The minimum absolute atomic E-state index is 0.176. The third kappa shape index (κ3) is 4.95. The normalized spacial score (nSPS) is 14.9. The van der Waals surface area contributed by atoms with Crippen LogP contribution in [0, 0.1) is 0 Å². The van der Waals surface area contributed by atoms with Gasteiger partial charge in [-0.1, -0.05) is 65.9 Å². The van der Waals surface area contributed by atoms with Crippen LogP contribution in [-0.4, -0.2) is 35.9 Å². The standard InChI is InChI=1S/C34H31N3O5S/c1-5-36-20-23(24-14-10-11-15-25(24)36)19-28-32(38)37-31(22-16-17-26(40-3)27(18-22)41-4)29(33(39)42-6-2)30(35-34(37)43-28)21-12-8-7-9-13-21/h7-20,31H,5-6H2,1-4H3/b28-19-/t31-/m1/s1. The maximum Gasteiger partial charge on any atom is 0.338 e. The number of carbonyl (C=O) groups is 1. The van der Waals surface area contributed by atoms with Crippen molar-refractivity contribution in [3.05, 3.63) is 121 Å². The zero-order chi connectivity index (χ0) is 30.1. The number of aryl methyl sites for hydroxylation is 1. The van der Waals surface area contributed by atoms with Crippen molar-refractivity contribution >= 4 is 40.0 Å². The molecule has 0 fully saturated rings. The fourth-order valence-corrected chi connectivity index (χ4v) is 6.56. The van der Waals surface area contributed by atoms with Crippen molar-refractivity contribution in [1.29, 1.82) is 0 Å². The molecule has 0 aliphatic carbocycles. The number of esters is 1. The van der Waals surface area contributed by atoms with Gasteiger partial charge >= 0.3 is 5.97 Å². The van der Waals surface area contributed by atoms with Gasteiger partial charge < -0.3 is 18.8 Å². The molecule has 0 N–H and O–H groups in total. The molecule has 5 aromatic rings. The van der Waals surface area contributed by atoms with Gasteiger partial charge in [0.15, 0.2) is 16.3 Å². The van der Waals surface area contributed by atoms with Crippen molar-refractivity contribution in [3.8, 4) is 11.5 Å². The summed E-state index contributed by atoms with van der Waals surface area (Å²) in [5.41, 5.74) is 3.96. The Kier molecular flexibility index (Phi) is 7.73. The van der Waals surface area contributed by atoms with Crippen molar-refractivity contribution in [2.45, 2.75) is 26.4 Å². The molecule has 0 spiro atoms. The maximum atomic E-state index is 14.3. The van der Waals surface area contributed by atoms with Gasteiger partial charge in [-0.05, 0) is 43.7 Å². The molecule has 3 heterocycles. The SMILES string of the molecule is CCOC(=O)C1=C(c2ccccc2)N=c2s/c(=C\c3cn(CC)c4ccccc34)c(=O)n2[C@@H]1c1ccc(OC)c(OC)c1. The lowest BCUT2D eigenvalue weighted by atomic mass is 9.93. The minimum Gasteiger partial charge on any atom is -0.493 e. The van der Waals surface area contributed by atoms with Crippen LogP contribution < -0.4 is 24.4 Å². The van der Waals surface area contributed by atoms with Gasteiger partial charge in [0.1, 0.15) is 0 Å². The molecule has 2 aromatic heterocycles.